The largest absolute Gasteiger partial charge is 0.481 e. The van der Waals surface area contributed by atoms with Gasteiger partial charge in [-0.25, -0.2) is 0 Å². The van der Waals surface area contributed by atoms with Gasteiger partial charge in [0.2, 0.25) is 0 Å². The first-order chi connectivity index (χ1) is 10.6. The van der Waals surface area contributed by atoms with Crippen molar-refractivity contribution >= 4 is 5.91 Å². The molecule has 0 aliphatic rings. The maximum Gasteiger partial charge on any atom is 0.261 e. The normalized spacial score (nSPS) is 13.2. The summed E-state index contributed by atoms with van der Waals surface area (Å²) in [7, 11) is 0. The van der Waals surface area contributed by atoms with E-state index >= 15 is 0 Å². The third-order valence-corrected chi connectivity index (χ3v) is 3.62. The molecule has 22 heavy (non-hydrogen) atoms. The van der Waals surface area contributed by atoms with Crippen LogP contribution in [0.5, 0.6) is 5.75 Å². The molecule has 0 radical (unpaired) electrons. The van der Waals surface area contributed by atoms with E-state index in [1.54, 1.807) is 0 Å². The van der Waals surface area contributed by atoms with Crippen molar-refractivity contribution < 1.29 is 9.53 Å². The van der Waals surface area contributed by atoms with Gasteiger partial charge in [0.15, 0.2) is 6.10 Å². The molecule has 1 amide bonds. The van der Waals surface area contributed by atoms with E-state index in [1.807, 2.05) is 63.2 Å². The molecular formula is C19H23NO2. The van der Waals surface area contributed by atoms with Crippen molar-refractivity contribution in [3.05, 3.63) is 65.7 Å². The molecule has 2 atom stereocenters. The first-order valence-corrected chi connectivity index (χ1v) is 7.68. The molecule has 0 aliphatic carbocycles. The average molecular weight is 297 g/mol. The predicted molar refractivity (Wildman–Crippen MR) is 88.9 cm³/mol. The molecule has 2 rings (SSSR count). The topological polar surface area (TPSA) is 38.3 Å². The Morgan fingerprint density at radius 1 is 1.09 bits per heavy atom. The number of carbonyl (C=O) groups is 1. The number of rotatable bonds is 6. The van der Waals surface area contributed by atoms with Crippen LogP contribution in [0.3, 0.4) is 0 Å². The standard InChI is InChI=1S/C19H23NO2/c1-4-18(22-17-8-6-5-7-9-17)19(21)20-15(3)16-12-10-14(2)11-13-16/h5-13,15,18H,4H2,1-3H3,(H,20,21)/t15-,18-/m1/s1. The van der Waals surface area contributed by atoms with Crippen molar-refractivity contribution in [2.75, 3.05) is 0 Å². The van der Waals surface area contributed by atoms with Crippen molar-refractivity contribution in [2.24, 2.45) is 0 Å². The minimum atomic E-state index is -0.477. The molecule has 0 saturated carbocycles. The Kier molecular flexibility index (Phi) is 5.59. The smallest absolute Gasteiger partial charge is 0.261 e. The molecule has 0 aliphatic heterocycles. The summed E-state index contributed by atoms with van der Waals surface area (Å²) in [5.41, 5.74) is 2.30. The summed E-state index contributed by atoms with van der Waals surface area (Å²) >= 11 is 0. The van der Waals surface area contributed by atoms with Gasteiger partial charge in [-0.05, 0) is 38.0 Å². The first-order valence-electron chi connectivity index (χ1n) is 7.68. The number of nitrogens with one attached hydrogen (secondary N) is 1. The Balaban J connectivity index is 1.98. The quantitative estimate of drug-likeness (QED) is 0.874. The Hall–Kier alpha value is -2.29. The molecule has 0 bridgehead atoms. The van der Waals surface area contributed by atoms with Crippen LogP contribution < -0.4 is 10.1 Å². The number of amides is 1. The highest BCUT2D eigenvalue weighted by atomic mass is 16.5. The lowest BCUT2D eigenvalue weighted by Crippen LogP contribution is -2.39. The van der Waals surface area contributed by atoms with Gasteiger partial charge < -0.3 is 10.1 Å². The molecule has 0 aromatic heterocycles. The van der Waals surface area contributed by atoms with Gasteiger partial charge in [0.25, 0.3) is 5.91 Å². The number of para-hydroxylation sites is 1. The Morgan fingerprint density at radius 2 is 1.73 bits per heavy atom. The summed E-state index contributed by atoms with van der Waals surface area (Å²) in [6.45, 7) is 5.98. The molecule has 0 spiro atoms. The molecule has 0 fully saturated rings. The average Bonchev–Trinajstić information content (AvgIpc) is 2.54. The van der Waals surface area contributed by atoms with Gasteiger partial charge in [0.05, 0.1) is 6.04 Å². The monoisotopic (exact) mass is 297 g/mol. The fourth-order valence-electron chi connectivity index (χ4n) is 2.23. The summed E-state index contributed by atoms with van der Waals surface area (Å²) in [6, 6.07) is 17.6. The third-order valence-electron chi connectivity index (χ3n) is 3.62. The zero-order valence-corrected chi connectivity index (χ0v) is 13.4. The molecule has 3 nitrogen and oxygen atoms in total. The van der Waals surface area contributed by atoms with Crippen LogP contribution in [-0.2, 0) is 4.79 Å². The van der Waals surface area contributed by atoms with E-state index in [-0.39, 0.29) is 11.9 Å². The second-order valence-corrected chi connectivity index (χ2v) is 5.47. The fraction of sp³-hybridized carbons (Fsp3) is 0.316. The third kappa shape index (κ3) is 4.35. The van der Waals surface area contributed by atoms with Crippen LogP contribution in [0, 0.1) is 6.92 Å². The number of benzene rings is 2. The van der Waals surface area contributed by atoms with E-state index in [0.29, 0.717) is 12.2 Å². The fourth-order valence-corrected chi connectivity index (χ4v) is 2.23. The lowest BCUT2D eigenvalue weighted by atomic mass is 10.1. The molecule has 1 N–H and O–H groups in total. The number of carbonyl (C=O) groups excluding carboxylic acids is 1. The van der Waals surface area contributed by atoms with Crippen LogP contribution in [0.2, 0.25) is 0 Å². The van der Waals surface area contributed by atoms with E-state index in [2.05, 4.69) is 17.4 Å². The van der Waals surface area contributed by atoms with Crippen LogP contribution in [0.15, 0.2) is 54.6 Å². The minimum Gasteiger partial charge on any atom is -0.481 e. The van der Waals surface area contributed by atoms with Crippen molar-refractivity contribution in [3.8, 4) is 5.75 Å². The van der Waals surface area contributed by atoms with E-state index in [4.69, 9.17) is 4.74 Å². The van der Waals surface area contributed by atoms with Gasteiger partial charge in [0, 0.05) is 0 Å². The first kappa shape index (κ1) is 16.1. The van der Waals surface area contributed by atoms with Crippen molar-refractivity contribution in [1.82, 2.24) is 5.32 Å². The van der Waals surface area contributed by atoms with E-state index in [1.165, 1.54) is 5.56 Å². The Bertz CT molecular complexity index is 593. The second-order valence-electron chi connectivity index (χ2n) is 5.47. The summed E-state index contributed by atoms with van der Waals surface area (Å²) < 4.78 is 5.77. The van der Waals surface area contributed by atoms with Gasteiger partial charge in [-0.3, -0.25) is 4.79 Å². The Morgan fingerprint density at radius 3 is 2.32 bits per heavy atom. The zero-order valence-electron chi connectivity index (χ0n) is 13.4. The number of hydrogen-bond acceptors (Lipinski definition) is 2. The number of aryl methyl sites for hydroxylation is 1. The molecule has 0 heterocycles. The SMILES string of the molecule is CC[C@@H](Oc1ccccc1)C(=O)N[C@H](C)c1ccc(C)cc1. The van der Waals surface area contributed by atoms with Crippen LogP contribution in [0.4, 0.5) is 0 Å². The maximum atomic E-state index is 12.4. The molecule has 3 heteroatoms. The van der Waals surface area contributed by atoms with E-state index < -0.39 is 6.10 Å². The van der Waals surface area contributed by atoms with E-state index in [0.717, 1.165) is 5.56 Å². The zero-order chi connectivity index (χ0) is 15.9. The highest BCUT2D eigenvalue weighted by Gasteiger charge is 2.20. The van der Waals surface area contributed by atoms with Gasteiger partial charge >= 0.3 is 0 Å². The molecule has 2 aromatic carbocycles. The number of hydrogen-bond donors (Lipinski definition) is 1. The molecule has 116 valence electrons. The highest BCUT2D eigenvalue weighted by molar-refractivity contribution is 5.81. The molecular weight excluding hydrogens is 274 g/mol. The van der Waals surface area contributed by atoms with Gasteiger partial charge in [-0.2, -0.15) is 0 Å². The van der Waals surface area contributed by atoms with Crippen LogP contribution >= 0.6 is 0 Å². The lowest BCUT2D eigenvalue weighted by molar-refractivity contribution is -0.128. The summed E-state index contributed by atoms with van der Waals surface area (Å²) in [6.07, 6.45) is 0.150. The van der Waals surface area contributed by atoms with Crippen molar-refractivity contribution in [1.29, 1.82) is 0 Å². The Labute approximate surface area is 132 Å². The second kappa shape index (κ2) is 7.64. The van der Waals surface area contributed by atoms with E-state index in [9.17, 15) is 4.79 Å². The number of ether oxygens (including phenoxy) is 1. The molecule has 0 unspecified atom stereocenters. The van der Waals surface area contributed by atoms with Crippen LogP contribution in [0.1, 0.15) is 37.4 Å². The summed E-state index contributed by atoms with van der Waals surface area (Å²) in [4.78, 5) is 12.4. The lowest BCUT2D eigenvalue weighted by Gasteiger charge is -2.21. The van der Waals surface area contributed by atoms with Gasteiger partial charge in [-0.15, -0.1) is 0 Å². The van der Waals surface area contributed by atoms with Crippen LogP contribution in [-0.4, -0.2) is 12.0 Å². The molecule has 2 aromatic rings. The summed E-state index contributed by atoms with van der Waals surface area (Å²) in [5.74, 6) is 0.631. The molecule has 0 saturated heterocycles. The van der Waals surface area contributed by atoms with Crippen LogP contribution in [0.25, 0.3) is 0 Å². The predicted octanol–water partition coefficient (Wildman–Crippen LogP) is 4.03. The van der Waals surface area contributed by atoms with Gasteiger partial charge in [0.1, 0.15) is 5.75 Å². The van der Waals surface area contributed by atoms with Gasteiger partial charge in [-0.1, -0.05) is 55.0 Å². The minimum absolute atomic E-state index is 0.0403. The maximum absolute atomic E-state index is 12.4. The highest BCUT2D eigenvalue weighted by Crippen LogP contribution is 2.16. The van der Waals surface area contributed by atoms with Crippen molar-refractivity contribution in [2.45, 2.75) is 39.3 Å². The van der Waals surface area contributed by atoms with Crippen molar-refractivity contribution in [3.63, 3.8) is 0 Å². The summed E-state index contributed by atoms with van der Waals surface area (Å²) in [5, 5.41) is 3.02.